The number of nitrogens with zero attached hydrogens (tertiary/aromatic N) is 1. The summed E-state index contributed by atoms with van der Waals surface area (Å²) < 4.78 is 1.03. The highest BCUT2D eigenvalue weighted by molar-refractivity contribution is 14.1. The molecule has 0 heterocycles. The lowest BCUT2D eigenvalue weighted by atomic mass is 10.1. The van der Waals surface area contributed by atoms with Gasteiger partial charge in [0.25, 0.3) is 0 Å². The molecule has 82 valence electrons. The highest BCUT2D eigenvalue weighted by Crippen LogP contribution is 2.25. The van der Waals surface area contributed by atoms with Crippen LogP contribution in [0, 0.1) is 3.57 Å². The fraction of sp³-hybridized carbons (Fsp3) is 0.364. The third-order valence-electron chi connectivity index (χ3n) is 1.93. The van der Waals surface area contributed by atoms with Crippen LogP contribution in [0.1, 0.15) is 20.8 Å². The largest absolute Gasteiger partial charge is 0.465 e. The van der Waals surface area contributed by atoms with Crippen molar-refractivity contribution in [2.45, 2.75) is 26.3 Å². The van der Waals surface area contributed by atoms with E-state index in [1.807, 2.05) is 45.0 Å². The summed E-state index contributed by atoms with van der Waals surface area (Å²) in [5.41, 5.74) is 0.276. The van der Waals surface area contributed by atoms with Gasteiger partial charge in [-0.05, 0) is 61.6 Å². The molecular weight excluding hydrogens is 305 g/mol. The van der Waals surface area contributed by atoms with Crippen LogP contribution >= 0.6 is 22.6 Å². The quantitative estimate of drug-likeness (QED) is 0.804. The van der Waals surface area contributed by atoms with E-state index in [0.29, 0.717) is 5.69 Å². The molecular formula is C11H14INO2. The molecule has 0 aromatic heterocycles. The third-order valence-corrected chi connectivity index (χ3v) is 2.60. The van der Waals surface area contributed by atoms with Gasteiger partial charge in [0.15, 0.2) is 0 Å². The van der Waals surface area contributed by atoms with E-state index >= 15 is 0 Å². The summed E-state index contributed by atoms with van der Waals surface area (Å²) in [6.45, 7) is 5.63. The normalized spacial score (nSPS) is 11.2. The highest BCUT2D eigenvalue weighted by atomic mass is 127. The molecule has 1 rings (SSSR count). The van der Waals surface area contributed by atoms with Crippen molar-refractivity contribution in [1.82, 2.24) is 0 Å². The zero-order chi connectivity index (χ0) is 11.6. The van der Waals surface area contributed by atoms with Gasteiger partial charge in [-0.2, -0.15) is 0 Å². The minimum absolute atomic E-state index is 0.434. The Hall–Kier alpha value is -0.780. The second-order valence-electron chi connectivity index (χ2n) is 4.27. The number of benzene rings is 1. The average molecular weight is 319 g/mol. The molecule has 1 aromatic carbocycles. The molecule has 0 fully saturated rings. The molecule has 1 N–H and O–H groups in total. The van der Waals surface area contributed by atoms with Crippen LogP contribution in [0.2, 0.25) is 0 Å². The van der Waals surface area contributed by atoms with Gasteiger partial charge in [-0.25, -0.2) is 4.79 Å². The van der Waals surface area contributed by atoms with Gasteiger partial charge in [0.05, 0.1) is 0 Å². The predicted molar refractivity (Wildman–Crippen MR) is 69.4 cm³/mol. The SMILES string of the molecule is CC(C)(C)N(C(=O)O)c1cccc(I)c1. The molecule has 0 aliphatic rings. The van der Waals surface area contributed by atoms with E-state index in [2.05, 4.69) is 22.6 Å². The fourth-order valence-electron chi connectivity index (χ4n) is 1.40. The van der Waals surface area contributed by atoms with E-state index < -0.39 is 11.6 Å². The standard InChI is InChI=1S/C11H14INO2/c1-11(2,3)13(10(14)15)9-6-4-5-8(12)7-9/h4-7H,1-3H3,(H,14,15). The lowest BCUT2D eigenvalue weighted by molar-refractivity contribution is 0.195. The zero-order valence-corrected chi connectivity index (χ0v) is 11.1. The maximum absolute atomic E-state index is 11.2. The van der Waals surface area contributed by atoms with Crippen LogP contribution in [0.4, 0.5) is 10.5 Å². The van der Waals surface area contributed by atoms with Crippen molar-refractivity contribution in [2.24, 2.45) is 0 Å². The van der Waals surface area contributed by atoms with Crippen LogP contribution in [0.15, 0.2) is 24.3 Å². The van der Waals surface area contributed by atoms with Crippen molar-refractivity contribution in [3.63, 3.8) is 0 Å². The molecule has 3 nitrogen and oxygen atoms in total. The Morgan fingerprint density at radius 3 is 2.40 bits per heavy atom. The van der Waals surface area contributed by atoms with Crippen molar-refractivity contribution >= 4 is 34.4 Å². The summed E-state index contributed by atoms with van der Waals surface area (Å²) in [5.74, 6) is 0. The van der Waals surface area contributed by atoms with Crippen LogP contribution in [-0.2, 0) is 0 Å². The lowest BCUT2D eigenvalue weighted by Gasteiger charge is -2.33. The van der Waals surface area contributed by atoms with E-state index in [0.717, 1.165) is 3.57 Å². The fourth-order valence-corrected chi connectivity index (χ4v) is 1.93. The van der Waals surface area contributed by atoms with E-state index in [9.17, 15) is 9.90 Å². The summed E-state index contributed by atoms with van der Waals surface area (Å²) in [6, 6.07) is 7.47. The Morgan fingerprint density at radius 2 is 2.00 bits per heavy atom. The lowest BCUT2D eigenvalue weighted by Crippen LogP contribution is -2.45. The smallest absolute Gasteiger partial charge is 0.412 e. The first kappa shape index (κ1) is 12.3. The van der Waals surface area contributed by atoms with Crippen LogP contribution in [0.3, 0.4) is 0 Å². The minimum atomic E-state index is -0.926. The third kappa shape index (κ3) is 3.09. The van der Waals surface area contributed by atoms with Crippen LogP contribution in [0.25, 0.3) is 0 Å². The minimum Gasteiger partial charge on any atom is -0.465 e. The molecule has 0 radical (unpaired) electrons. The Bertz CT molecular complexity index is 371. The summed E-state index contributed by atoms with van der Waals surface area (Å²) in [6.07, 6.45) is -0.926. The number of anilines is 1. The first-order valence-electron chi connectivity index (χ1n) is 4.61. The second-order valence-corrected chi connectivity index (χ2v) is 5.51. The average Bonchev–Trinajstić information content (AvgIpc) is 1.99. The Kier molecular flexibility index (Phi) is 3.59. The molecule has 0 saturated heterocycles. The molecule has 0 bridgehead atoms. The molecule has 0 unspecified atom stereocenters. The van der Waals surface area contributed by atoms with Gasteiger partial charge >= 0.3 is 6.09 Å². The summed E-state index contributed by atoms with van der Waals surface area (Å²) in [4.78, 5) is 12.6. The number of rotatable bonds is 1. The van der Waals surface area contributed by atoms with Gasteiger partial charge in [0, 0.05) is 14.8 Å². The van der Waals surface area contributed by atoms with Gasteiger partial charge in [-0.3, -0.25) is 4.90 Å². The summed E-state index contributed by atoms with van der Waals surface area (Å²) >= 11 is 2.17. The maximum Gasteiger partial charge on any atom is 0.412 e. The van der Waals surface area contributed by atoms with Gasteiger partial charge in [-0.15, -0.1) is 0 Å². The molecule has 0 aliphatic heterocycles. The van der Waals surface area contributed by atoms with E-state index in [-0.39, 0.29) is 0 Å². The number of halogens is 1. The van der Waals surface area contributed by atoms with Gasteiger partial charge in [-0.1, -0.05) is 6.07 Å². The van der Waals surface area contributed by atoms with Gasteiger partial charge in [0.2, 0.25) is 0 Å². The van der Waals surface area contributed by atoms with Crippen molar-refractivity contribution in [3.8, 4) is 0 Å². The number of hydrogen-bond donors (Lipinski definition) is 1. The van der Waals surface area contributed by atoms with E-state index in [4.69, 9.17) is 0 Å². The van der Waals surface area contributed by atoms with Crippen molar-refractivity contribution in [3.05, 3.63) is 27.8 Å². The van der Waals surface area contributed by atoms with Crippen LogP contribution in [0.5, 0.6) is 0 Å². The van der Waals surface area contributed by atoms with Gasteiger partial charge < -0.3 is 5.11 Å². The zero-order valence-electron chi connectivity index (χ0n) is 8.99. The topological polar surface area (TPSA) is 40.5 Å². The first-order chi connectivity index (χ1) is 6.82. The van der Waals surface area contributed by atoms with Gasteiger partial charge in [0.1, 0.15) is 0 Å². The number of amides is 1. The van der Waals surface area contributed by atoms with Crippen LogP contribution < -0.4 is 4.90 Å². The number of carboxylic acid groups (broad SMARTS) is 1. The first-order valence-corrected chi connectivity index (χ1v) is 5.69. The molecule has 0 saturated carbocycles. The number of hydrogen-bond acceptors (Lipinski definition) is 1. The molecule has 4 heteroatoms. The molecule has 1 aromatic rings. The Morgan fingerprint density at radius 1 is 1.40 bits per heavy atom. The molecule has 0 spiro atoms. The molecule has 1 amide bonds. The van der Waals surface area contributed by atoms with Crippen molar-refractivity contribution in [2.75, 3.05) is 4.90 Å². The Balaban J connectivity index is 3.16. The van der Waals surface area contributed by atoms with Crippen molar-refractivity contribution in [1.29, 1.82) is 0 Å². The molecule has 15 heavy (non-hydrogen) atoms. The monoisotopic (exact) mass is 319 g/mol. The highest BCUT2D eigenvalue weighted by Gasteiger charge is 2.27. The number of carbonyl (C=O) groups is 1. The van der Waals surface area contributed by atoms with Crippen molar-refractivity contribution < 1.29 is 9.90 Å². The van der Waals surface area contributed by atoms with Crippen LogP contribution in [-0.4, -0.2) is 16.7 Å². The Labute approximate surface area is 103 Å². The van der Waals surface area contributed by atoms with E-state index in [1.54, 1.807) is 0 Å². The molecule has 0 atom stereocenters. The van der Waals surface area contributed by atoms with E-state index in [1.165, 1.54) is 4.90 Å². The predicted octanol–water partition coefficient (Wildman–Crippen LogP) is 3.57. The summed E-state index contributed by atoms with van der Waals surface area (Å²) in [5, 5.41) is 9.18. The maximum atomic E-state index is 11.2. The summed E-state index contributed by atoms with van der Waals surface area (Å²) in [7, 11) is 0. The second kappa shape index (κ2) is 4.38. The molecule has 0 aliphatic carbocycles.